The summed E-state index contributed by atoms with van der Waals surface area (Å²) >= 11 is 3.46. The Labute approximate surface area is 101 Å². The molecule has 1 rings (SSSR count). The van der Waals surface area contributed by atoms with Crippen molar-refractivity contribution in [1.29, 1.82) is 0 Å². The van der Waals surface area contributed by atoms with Gasteiger partial charge in [0.15, 0.2) is 0 Å². The third-order valence-electron chi connectivity index (χ3n) is 2.43. The number of aliphatic hydroxyl groups is 1. The number of halogens is 1. The second-order valence-electron chi connectivity index (χ2n) is 5.14. The van der Waals surface area contributed by atoms with E-state index in [1.807, 2.05) is 24.3 Å². The van der Waals surface area contributed by atoms with Gasteiger partial charge in [0, 0.05) is 4.47 Å². The minimum atomic E-state index is -0.361. The normalized spacial score (nSPS) is 13.9. The zero-order valence-corrected chi connectivity index (χ0v) is 11.2. The third-order valence-corrected chi connectivity index (χ3v) is 3.15. The number of hydrogen-bond donors (Lipinski definition) is 1. The van der Waals surface area contributed by atoms with Crippen LogP contribution in [0.3, 0.4) is 0 Å². The lowest BCUT2D eigenvalue weighted by Crippen LogP contribution is -2.08. The first kappa shape index (κ1) is 12.7. The van der Waals surface area contributed by atoms with Crippen molar-refractivity contribution in [1.82, 2.24) is 0 Å². The molecule has 84 valence electrons. The lowest BCUT2D eigenvalue weighted by atomic mass is 9.88. The van der Waals surface area contributed by atoms with E-state index in [-0.39, 0.29) is 11.5 Å². The first-order valence-electron chi connectivity index (χ1n) is 5.33. The summed E-state index contributed by atoms with van der Waals surface area (Å²) in [5.41, 5.74) is 1.27. The summed E-state index contributed by atoms with van der Waals surface area (Å²) in [5, 5.41) is 10.0. The van der Waals surface area contributed by atoms with Gasteiger partial charge < -0.3 is 5.11 Å². The summed E-state index contributed by atoms with van der Waals surface area (Å²) in [7, 11) is 0. The van der Waals surface area contributed by atoms with Crippen molar-refractivity contribution in [2.45, 2.75) is 39.7 Å². The zero-order valence-electron chi connectivity index (χ0n) is 9.63. The molecular formula is C13H19BrO. The van der Waals surface area contributed by atoms with Gasteiger partial charge in [-0.15, -0.1) is 0 Å². The maximum atomic E-state index is 10.0. The van der Waals surface area contributed by atoms with Crippen LogP contribution in [-0.2, 0) is 0 Å². The van der Waals surface area contributed by atoms with E-state index >= 15 is 0 Å². The van der Waals surface area contributed by atoms with Gasteiger partial charge in [-0.25, -0.2) is 0 Å². The van der Waals surface area contributed by atoms with Gasteiger partial charge in [0.2, 0.25) is 0 Å². The van der Waals surface area contributed by atoms with Gasteiger partial charge in [-0.3, -0.25) is 0 Å². The molecule has 0 aliphatic heterocycles. The summed E-state index contributed by atoms with van der Waals surface area (Å²) in [6.07, 6.45) is 1.47. The van der Waals surface area contributed by atoms with Gasteiger partial charge in [0.05, 0.1) is 6.10 Å². The molecule has 0 saturated heterocycles. The van der Waals surface area contributed by atoms with Crippen LogP contribution in [0.5, 0.6) is 0 Å². The maximum Gasteiger partial charge on any atom is 0.0801 e. The molecule has 0 saturated carbocycles. The summed E-state index contributed by atoms with van der Waals surface area (Å²) in [5.74, 6) is 0. The molecule has 0 spiro atoms. The topological polar surface area (TPSA) is 20.2 Å². The molecule has 1 aromatic rings. The van der Waals surface area contributed by atoms with Crippen LogP contribution in [0.2, 0.25) is 0 Å². The van der Waals surface area contributed by atoms with Crippen LogP contribution in [0, 0.1) is 5.41 Å². The number of rotatable bonds is 3. The van der Waals surface area contributed by atoms with E-state index in [1.165, 1.54) is 0 Å². The average molecular weight is 271 g/mol. The zero-order chi connectivity index (χ0) is 11.5. The molecule has 1 unspecified atom stereocenters. The monoisotopic (exact) mass is 270 g/mol. The third kappa shape index (κ3) is 4.35. The molecule has 0 aromatic heterocycles. The Balaban J connectivity index is 2.62. The first-order valence-corrected chi connectivity index (χ1v) is 6.12. The molecule has 0 bridgehead atoms. The summed E-state index contributed by atoms with van der Waals surface area (Å²) in [6, 6.07) is 7.86. The van der Waals surface area contributed by atoms with Gasteiger partial charge >= 0.3 is 0 Å². The molecule has 0 aliphatic rings. The van der Waals surface area contributed by atoms with Crippen LogP contribution in [0.4, 0.5) is 0 Å². The molecule has 1 atom stereocenters. The van der Waals surface area contributed by atoms with Gasteiger partial charge in [0.1, 0.15) is 0 Å². The minimum Gasteiger partial charge on any atom is -0.388 e. The van der Waals surface area contributed by atoms with Crippen LogP contribution in [0.25, 0.3) is 0 Å². The van der Waals surface area contributed by atoms with Gasteiger partial charge in [-0.2, -0.15) is 0 Å². The quantitative estimate of drug-likeness (QED) is 0.868. The summed E-state index contributed by atoms with van der Waals surface area (Å²) in [4.78, 5) is 0. The van der Waals surface area contributed by atoms with E-state index in [0.717, 1.165) is 22.9 Å². The second kappa shape index (κ2) is 5.13. The van der Waals surface area contributed by atoms with E-state index < -0.39 is 0 Å². The Hall–Kier alpha value is -0.340. The van der Waals surface area contributed by atoms with Gasteiger partial charge in [0.25, 0.3) is 0 Å². The van der Waals surface area contributed by atoms with Crippen molar-refractivity contribution >= 4 is 15.9 Å². The molecule has 1 N–H and O–H groups in total. The number of aliphatic hydroxyl groups excluding tert-OH is 1. The van der Waals surface area contributed by atoms with E-state index in [2.05, 4.69) is 36.7 Å². The molecule has 0 radical (unpaired) electrons. The first-order chi connectivity index (χ1) is 6.90. The van der Waals surface area contributed by atoms with Crippen molar-refractivity contribution in [3.63, 3.8) is 0 Å². The summed E-state index contributed by atoms with van der Waals surface area (Å²) < 4.78 is 0.992. The predicted octanol–water partition coefficient (Wildman–Crippen LogP) is 4.31. The van der Waals surface area contributed by atoms with E-state index in [0.29, 0.717) is 0 Å². The largest absolute Gasteiger partial charge is 0.388 e. The Bertz CT molecular complexity index is 315. The Morgan fingerprint density at radius 1 is 1.27 bits per heavy atom. The van der Waals surface area contributed by atoms with E-state index in [9.17, 15) is 5.11 Å². The molecule has 0 aliphatic carbocycles. The van der Waals surface area contributed by atoms with Crippen molar-refractivity contribution in [2.75, 3.05) is 0 Å². The maximum absolute atomic E-state index is 10.0. The Morgan fingerprint density at radius 2 is 1.87 bits per heavy atom. The van der Waals surface area contributed by atoms with E-state index in [1.54, 1.807) is 0 Å². The molecule has 2 heteroatoms. The SMILES string of the molecule is CC(C)(C)CCC(O)c1ccccc1Br. The molecule has 1 nitrogen and oxygen atoms in total. The molecule has 0 fully saturated rings. The minimum absolute atomic E-state index is 0.280. The van der Waals surface area contributed by atoms with Gasteiger partial charge in [-0.05, 0) is 29.9 Å². The van der Waals surface area contributed by atoms with Crippen LogP contribution in [0.1, 0.15) is 45.3 Å². The van der Waals surface area contributed by atoms with Gasteiger partial charge in [-0.1, -0.05) is 54.9 Å². The standard InChI is InChI=1S/C13H19BrO/c1-13(2,3)9-8-12(15)10-6-4-5-7-11(10)14/h4-7,12,15H,8-9H2,1-3H3. The predicted molar refractivity (Wildman–Crippen MR) is 67.8 cm³/mol. The lowest BCUT2D eigenvalue weighted by Gasteiger charge is -2.21. The van der Waals surface area contributed by atoms with Crippen molar-refractivity contribution in [3.8, 4) is 0 Å². The lowest BCUT2D eigenvalue weighted by molar-refractivity contribution is 0.147. The second-order valence-corrected chi connectivity index (χ2v) is 5.99. The average Bonchev–Trinajstić information content (AvgIpc) is 2.14. The molecular weight excluding hydrogens is 252 g/mol. The fourth-order valence-corrected chi connectivity index (χ4v) is 2.02. The van der Waals surface area contributed by atoms with Crippen LogP contribution in [0.15, 0.2) is 28.7 Å². The highest BCUT2D eigenvalue weighted by Crippen LogP contribution is 2.30. The highest BCUT2D eigenvalue weighted by Gasteiger charge is 2.16. The highest BCUT2D eigenvalue weighted by molar-refractivity contribution is 9.10. The number of benzene rings is 1. The van der Waals surface area contributed by atoms with Crippen molar-refractivity contribution < 1.29 is 5.11 Å². The Kier molecular flexibility index (Phi) is 4.35. The number of hydrogen-bond acceptors (Lipinski definition) is 1. The molecule has 0 amide bonds. The van der Waals surface area contributed by atoms with E-state index in [4.69, 9.17) is 0 Å². The molecule has 0 heterocycles. The molecule has 15 heavy (non-hydrogen) atoms. The van der Waals surface area contributed by atoms with Crippen molar-refractivity contribution in [2.24, 2.45) is 5.41 Å². The summed E-state index contributed by atoms with van der Waals surface area (Å²) in [6.45, 7) is 6.58. The molecule has 1 aromatic carbocycles. The smallest absolute Gasteiger partial charge is 0.0801 e. The van der Waals surface area contributed by atoms with Crippen LogP contribution >= 0.6 is 15.9 Å². The fraction of sp³-hybridized carbons (Fsp3) is 0.538. The Morgan fingerprint density at radius 3 is 2.40 bits per heavy atom. The fourth-order valence-electron chi connectivity index (χ4n) is 1.47. The van der Waals surface area contributed by atoms with Crippen LogP contribution in [-0.4, -0.2) is 5.11 Å². The van der Waals surface area contributed by atoms with Crippen LogP contribution < -0.4 is 0 Å². The van der Waals surface area contributed by atoms with Crippen molar-refractivity contribution in [3.05, 3.63) is 34.3 Å². The highest BCUT2D eigenvalue weighted by atomic mass is 79.9.